The van der Waals surface area contributed by atoms with E-state index in [2.05, 4.69) is 4.74 Å². The molecule has 132 valence electrons. The van der Waals surface area contributed by atoms with Crippen LogP contribution in [0.3, 0.4) is 0 Å². The zero-order valence-corrected chi connectivity index (χ0v) is 13.7. The van der Waals surface area contributed by atoms with Crippen molar-refractivity contribution in [1.29, 1.82) is 0 Å². The highest BCUT2D eigenvalue weighted by Gasteiger charge is 2.24. The number of benzene rings is 1. The maximum Gasteiger partial charge on any atom is 0.331 e. The number of fused-ring (bicyclic) bond motifs is 1. The number of aryl methyl sites for hydroxylation is 1. The molecule has 2 rings (SSSR count). The van der Waals surface area contributed by atoms with Gasteiger partial charge in [-0.05, 0) is 12.1 Å². The molecule has 0 bridgehead atoms. The van der Waals surface area contributed by atoms with Crippen LogP contribution >= 0.6 is 0 Å². The molecule has 0 saturated carbocycles. The van der Waals surface area contributed by atoms with E-state index in [1.54, 1.807) is 17.7 Å². The van der Waals surface area contributed by atoms with Gasteiger partial charge in [-0.3, -0.25) is 14.4 Å². The lowest BCUT2D eigenvalue weighted by molar-refractivity contribution is -0.161. The van der Waals surface area contributed by atoms with Crippen molar-refractivity contribution in [2.24, 2.45) is 18.5 Å². The quantitative estimate of drug-likeness (QED) is 0.424. The van der Waals surface area contributed by atoms with Gasteiger partial charge in [0.05, 0.1) is 12.1 Å². The van der Waals surface area contributed by atoms with Gasteiger partial charge in [0.1, 0.15) is 6.04 Å². The molecule has 4 N–H and O–H groups in total. The number of hydrogen-bond donors (Lipinski definition) is 2. The number of aromatic nitrogens is 1. The molecule has 8 heteroatoms. The molecule has 25 heavy (non-hydrogen) atoms. The second kappa shape index (κ2) is 7.71. The number of Topliss-reactive ketones (excluding diaryl/α,β-unsaturated/α-hetero) is 1. The van der Waals surface area contributed by atoms with E-state index in [4.69, 9.17) is 11.5 Å². The number of esters is 2. The van der Waals surface area contributed by atoms with Crippen molar-refractivity contribution >= 4 is 34.5 Å². The minimum absolute atomic E-state index is 0.226. The molecule has 1 aromatic carbocycles. The van der Waals surface area contributed by atoms with Gasteiger partial charge in [0.15, 0.2) is 5.78 Å². The number of nitrogens with two attached hydrogens (primary N) is 2. The molecule has 1 amide bonds. The third-order valence-corrected chi connectivity index (χ3v) is 3.74. The summed E-state index contributed by atoms with van der Waals surface area (Å²) < 4.78 is 6.23. The van der Waals surface area contributed by atoms with Crippen molar-refractivity contribution in [3.05, 3.63) is 36.0 Å². The van der Waals surface area contributed by atoms with Gasteiger partial charge in [-0.1, -0.05) is 18.2 Å². The first-order valence-electron chi connectivity index (χ1n) is 7.65. The summed E-state index contributed by atoms with van der Waals surface area (Å²) in [6.45, 7) is 0. The van der Waals surface area contributed by atoms with Crippen LogP contribution in [0.2, 0.25) is 0 Å². The third kappa shape index (κ3) is 4.51. The summed E-state index contributed by atoms with van der Waals surface area (Å²) in [5, 5.41) is 0.895. The summed E-state index contributed by atoms with van der Waals surface area (Å²) >= 11 is 0. The first-order valence-corrected chi connectivity index (χ1v) is 7.65. The third-order valence-electron chi connectivity index (χ3n) is 3.74. The number of rotatable bonds is 7. The van der Waals surface area contributed by atoms with Gasteiger partial charge in [0.25, 0.3) is 0 Å². The van der Waals surface area contributed by atoms with Gasteiger partial charge in [-0.2, -0.15) is 0 Å². The molecule has 0 radical (unpaired) electrons. The SMILES string of the molecule is Cn1c(C(=O)C[C@H](N)C(=O)OC(=O)CCC(N)=O)cc2ccccc21. The highest BCUT2D eigenvalue weighted by Crippen LogP contribution is 2.19. The number of amides is 1. The second-order valence-corrected chi connectivity index (χ2v) is 5.64. The normalized spacial score (nSPS) is 11.9. The lowest BCUT2D eigenvalue weighted by Crippen LogP contribution is -2.36. The van der Waals surface area contributed by atoms with E-state index in [-0.39, 0.29) is 25.0 Å². The van der Waals surface area contributed by atoms with Crippen LogP contribution in [-0.4, -0.2) is 34.2 Å². The average molecular weight is 345 g/mol. The fourth-order valence-corrected chi connectivity index (χ4v) is 2.41. The molecule has 0 fully saturated rings. The minimum atomic E-state index is -1.27. The fourth-order valence-electron chi connectivity index (χ4n) is 2.41. The number of carbonyl (C=O) groups excluding carboxylic acids is 4. The smallest absolute Gasteiger partial charge is 0.331 e. The molecular weight excluding hydrogens is 326 g/mol. The number of nitrogens with zero attached hydrogens (tertiary/aromatic N) is 1. The van der Waals surface area contributed by atoms with Crippen LogP contribution in [0.25, 0.3) is 10.9 Å². The van der Waals surface area contributed by atoms with E-state index in [1.807, 2.05) is 24.3 Å². The molecular formula is C17H19N3O5. The Kier molecular flexibility index (Phi) is 5.66. The topological polar surface area (TPSA) is 134 Å². The molecule has 1 aromatic heterocycles. The summed E-state index contributed by atoms with van der Waals surface area (Å²) in [7, 11) is 1.74. The number of carbonyl (C=O) groups is 4. The van der Waals surface area contributed by atoms with Crippen LogP contribution in [0, 0.1) is 0 Å². The number of hydrogen-bond acceptors (Lipinski definition) is 6. The number of ether oxygens (including phenoxy) is 1. The zero-order chi connectivity index (χ0) is 18.6. The lowest BCUT2D eigenvalue weighted by atomic mass is 10.1. The lowest BCUT2D eigenvalue weighted by Gasteiger charge is -2.10. The Bertz CT molecular complexity index is 840. The number of para-hydroxylation sites is 1. The van der Waals surface area contributed by atoms with E-state index < -0.39 is 23.9 Å². The Labute approximate surface area is 143 Å². The van der Waals surface area contributed by atoms with Crippen molar-refractivity contribution < 1.29 is 23.9 Å². The Hall–Kier alpha value is -3.00. The molecule has 0 aliphatic carbocycles. The standard InChI is InChI=1S/C17H19N3O5/c1-20-12-5-3-2-4-10(12)8-13(20)14(21)9-11(18)17(24)25-16(23)7-6-15(19)22/h2-5,8,11H,6-7,9,18H2,1H3,(H2,19,22)/t11-/m0/s1. The number of primary amides is 1. The van der Waals surface area contributed by atoms with E-state index in [9.17, 15) is 19.2 Å². The molecule has 0 aliphatic heterocycles. The molecule has 8 nitrogen and oxygen atoms in total. The zero-order valence-electron chi connectivity index (χ0n) is 13.7. The van der Waals surface area contributed by atoms with E-state index in [1.165, 1.54) is 0 Å². The van der Waals surface area contributed by atoms with Crippen molar-refractivity contribution in [2.75, 3.05) is 0 Å². The van der Waals surface area contributed by atoms with Crippen molar-refractivity contribution in [2.45, 2.75) is 25.3 Å². The van der Waals surface area contributed by atoms with Crippen molar-refractivity contribution in [3.8, 4) is 0 Å². The van der Waals surface area contributed by atoms with Crippen LogP contribution in [0.1, 0.15) is 29.8 Å². The monoisotopic (exact) mass is 345 g/mol. The van der Waals surface area contributed by atoms with Crippen LogP contribution in [0.5, 0.6) is 0 Å². The van der Waals surface area contributed by atoms with E-state index in [0.29, 0.717) is 5.69 Å². The predicted octanol–water partition coefficient (Wildman–Crippen LogP) is 0.414. The Morgan fingerprint density at radius 3 is 2.48 bits per heavy atom. The largest absolute Gasteiger partial charge is 0.392 e. The first kappa shape index (κ1) is 18.3. The van der Waals surface area contributed by atoms with Gasteiger partial charge in [0, 0.05) is 30.8 Å². The Balaban J connectivity index is 1.99. The molecule has 2 aromatic rings. The molecule has 0 spiro atoms. The van der Waals surface area contributed by atoms with Gasteiger partial charge in [-0.25, -0.2) is 4.79 Å². The minimum Gasteiger partial charge on any atom is -0.392 e. The van der Waals surface area contributed by atoms with Crippen LogP contribution in [0.15, 0.2) is 30.3 Å². The summed E-state index contributed by atoms with van der Waals surface area (Å²) in [6.07, 6.45) is -0.840. The Morgan fingerprint density at radius 2 is 1.84 bits per heavy atom. The molecule has 0 saturated heterocycles. The Morgan fingerprint density at radius 1 is 1.16 bits per heavy atom. The van der Waals surface area contributed by atoms with Crippen LogP contribution < -0.4 is 11.5 Å². The highest BCUT2D eigenvalue weighted by atomic mass is 16.6. The van der Waals surface area contributed by atoms with Gasteiger partial charge >= 0.3 is 11.9 Å². The summed E-state index contributed by atoms with van der Waals surface area (Å²) in [6, 6.07) is 7.90. The van der Waals surface area contributed by atoms with Crippen molar-refractivity contribution in [1.82, 2.24) is 4.57 Å². The maximum atomic E-state index is 12.4. The summed E-state index contributed by atoms with van der Waals surface area (Å²) in [4.78, 5) is 46.2. The molecule has 1 heterocycles. The van der Waals surface area contributed by atoms with E-state index >= 15 is 0 Å². The molecule has 1 atom stereocenters. The number of ketones is 1. The average Bonchev–Trinajstić information content (AvgIpc) is 2.90. The van der Waals surface area contributed by atoms with Crippen LogP contribution in [-0.2, 0) is 26.2 Å². The fraction of sp³-hybridized carbons (Fsp3) is 0.294. The van der Waals surface area contributed by atoms with Crippen LogP contribution in [0.4, 0.5) is 0 Å². The molecule has 0 aliphatic rings. The second-order valence-electron chi connectivity index (χ2n) is 5.64. The molecule has 0 unspecified atom stereocenters. The van der Waals surface area contributed by atoms with Gasteiger partial charge < -0.3 is 20.8 Å². The first-order chi connectivity index (χ1) is 11.8. The van der Waals surface area contributed by atoms with E-state index in [0.717, 1.165) is 10.9 Å². The summed E-state index contributed by atoms with van der Waals surface area (Å²) in [5.74, 6) is -2.94. The van der Waals surface area contributed by atoms with Crippen molar-refractivity contribution in [3.63, 3.8) is 0 Å². The maximum absolute atomic E-state index is 12.4. The summed E-state index contributed by atoms with van der Waals surface area (Å²) in [5.41, 5.74) is 11.8. The van der Waals surface area contributed by atoms with Gasteiger partial charge in [-0.15, -0.1) is 0 Å². The van der Waals surface area contributed by atoms with Gasteiger partial charge in [0.2, 0.25) is 5.91 Å². The predicted molar refractivity (Wildman–Crippen MR) is 89.4 cm³/mol. The highest BCUT2D eigenvalue weighted by molar-refractivity contribution is 6.02.